The van der Waals surface area contributed by atoms with Gasteiger partial charge in [0.2, 0.25) is 0 Å². The van der Waals surface area contributed by atoms with E-state index >= 15 is 0 Å². The lowest BCUT2D eigenvalue weighted by atomic mass is 9.77. The van der Waals surface area contributed by atoms with Crippen molar-refractivity contribution in [2.45, 2.75) is 37.9 Å². The molecule has 102 valence electrons. The summed E-state index contributed by atoms with van der Waals surface area (Å²) in [5, 5.41) is 7.48. The highest BCUT2D eigenvalue weighted by atomic mass is 19.4. The first kappa shape index (κ1) is 13.3. The molecule has 1 aromatic rings. The van der Waals surface area contributed by atoms with Gasteiger partial charge in [0.25, 0.3) is 0 Å². The summed E-state index contributed by atoms with van der Waals surface area (Å²) >= 11 is 0. The fourth-order valence-corrected chi connectivity index (χ4v) is 2.69. The van der Waals surface area contributed by atoms with E-state index in [2.05, 4.69) is 10.3 Å². The number of aryl methyl sites for hydroxylation is 1. The summed E-state index contributed by atoms with van der Waals surface area (Å²) < 4.78 is 39.7. The number of nitrogens with zero attached hydrogens (tertiary/aromatic N) is 3. The molecule has 2 N–H and O–H groups in total. The van der Waals surface area contributed by atoms with Gasteiger partial charge in [-0.05, 0) is 25.2 Å². The molecule has 0 amide bonds. The highest BCUT2D eigenvalue weighted by Crippen LogP contribution is 2.43. The van der Waals surface area contributed by atoms with Gasteiger partial charge in [0.15, 0.2) is 0 Å². The van der Waals surface area contributed by atoms with E-state index in [4.69, 9.17) is 5.73 Å². The zero-order valence-electron chi connectivity index (χ0n) is 10.2. The number of hydrogen-bond donors (Lipinski definition) is 1. The van der Waals surface area contributed by atoms with E-state index in [1.165, 1.54) is 10.9 Å². The Morgan fingerprint density at radius 3 is 2.72 bits per heavy atom. The van der Waals surface area contributed by atoms with Crippen molar-refractivity contribution in [2.75, 3.05) is 0 Å². The first-order chi connectivity index (χ1) is 8.39. The Hall–Kier alpha value is -1.11. The molecule has 4 nitrogen and oxygen atoms in total. The van der Waals surface area contributed by atoms with Crippen molar-refractivity contribution in [3.63, 3.8) is 0 Å². The molecule has 1 aromatic heterocycles. The van der Waals surface area contributed by atoms with Crippen LogP contribution in [0.1, 0.15) is 37.4 Å². The highest BCUT2D eigenvalue weighted by molar-refractivity contribution is 5.03. The van der Waals surface area contributed by atoms with E-state index in [-0.39, 0.29) is 18.8 Å². The van der Waals surface area contributed by atoms with E-state index in [1.807, 2.05) is 0 Å². The van der Waals surface area contributed by atoms with Crippen LogP contribution in [-0.2, 0) is 7.05 Å². The Labute approximate surface area is 103 Å². The van der Waals surface area contributed by atoms with Crippen LogP contribution in [-0.4, -0.2) is 21.2 Å². The molecular weight excluding hydrogens is 245 g/mol. The van der Waals surface area contributed by atoms with Crippen LogP contribution in [0.5, 0.6) is 0 Å². The number of alkyl halides is 3. The van der Waals surface area contributed by atoms with Gasteiger partial charge in [-0.3, -0.25) is 4.68 Å². The van der Waals surface area contributed by atoms with E-state index in [0.717, 1.165) is 6.42 Å². The monoisotopic (exact) mass is 262 g/mol. The Bertz CT molecular complexity index is 401. The van der Waals surface area contributed by atoms with Crippen LogP contribution in [0.3, 0.4) is 0 Å². The third-order valence-electron chi connectivity index (χ3n) is 3.78. The van der Waals surface area contributed by atoms with Crippen LogP contribution >= 0.6 is 0 Å². The second-order valence-electron chi connectivity index (χ2n) is 4.97. The Morgan fingerprint density at radius 2 is 2.17 bits per heavy atom. The summed E-state index contributed by atoms with van der Waals surface area (Å²) in [6.45, 7) is 0. The summed E-state index contributed by atoms with van der Waals surface area (Å²) in [6, 6.07) is -0.421. The quantitative estimate of drug-likeness (QED) is 0.888. The largest absolute Gasteiger partial charge is 0.391 e. The molecule has 1 heterocycles. The molecule has 18 heavy (non-hydrogen) atoms. The zero-order valence-corrected chi connectivity index (χ0v) is 10.2. The first-order valence-corrected chi connectivity index (χ1v) is 6.06. The number of aromatic nitrogens is 3. The van der Waals surface area contributed by atoms with Gasteiger partial charge in [-0.2, -0.15) is 13.2 Å². The van der Waals surface area contributed by atoms with Gasteiger partial charge in [0.1, 0.15) is 0 Å². The Kier molecular flexibility index (Phi) is 3.61. The van der Waals surface area contributed by atoms with Crippen LogP contribution in [0.2, 0.25) is 0 Å². The Balaban J connectivity index is 2.07. The van der Waals surface area contributed by atoms with Gasteiger partial charge in [-0.15, -0.1) is 5.10 Å². The number of halogens is 3. The molecule has 1 saturated carbocycles. The molecule has 0 aliphatic heterocycles. The molecule has 0 saturated heterocycles. The van der Waals surface area contributed by atoms with Crippen molar-refractivity contribution in [3.05, 3.63) is 11.9 Å². The fraction of sp³-hybridized carbons (Fsp3) is 0.818. The number of nitrogens with two attached hydrogens (primary N) is 1. The molecule has 3 atom stereocenters. The van der Waals surface area contributed by atoms with E-state index in [1.54, 1.807) is 7.05 Å². The summed E-state index contributed by atoms with van der Waals surface area (Å²) in [5.41, 5.74) is 6.75. The maximum atomic E-state index is 12.7. The van der Waals surface area contributed by atoms with Crippen LogP contribution in [0.25, 0.3) is 0 Å². The van der Waals surface area contributed by atoms with Gasteiger partial charge < -0.3 is 5.73 Å². The topological polar surface area (TPSA) is 56.7 Å². The molecule has 3 unspecified atom stereocenters. The van der Waals surface area contributed by atoms with Crippen molar-refractivity contribution in [3.8, 4) is 0 Å². The SMILES string of the molecule is Cn1nncc1C(N)C1CCCC(C(F)(F)F)C1. The molecule has 0 aromatic carbocycles. The minimum absolute atomic E-state index is 0.107. The van der Waals surface area contributed by atoms with E-state index in [9.17, 15) is 13.2 Å². The average molecular weight is 262 g/mol. The van der Waals surface area contributed by atoms with E-state index < -0.39 is 18.1 Å². The van der Waals surface area contributed by atoms with Crippen LogP contribution < -0.4 is 5.73 Å². The lowest BCUT2D eigenvalue weighted by Crippen LogP contribution is -2.34. The van der Waals surface area contributed by atoms with Crippen molar-refractivity contribution >= 4 is 0 Å². The van der Waals surface area contributed by atoms with Gasteiger partial charge in [-0.1, -0.05) is 11.6 Å². The summed E-state index contributed by atoms with van der Waals surface area (Å²) in [5.74, 6) is -1.37. The third-order valence-corrected chi connectivity index (χ3v) is 3.78. The van der Waals surface area contributed by atoms with Crippen molar-refractivity contribution in [1.82, 2.24) is 15.0 Å². The lowest BCUT2D eigenvalue weighted by Gasteiger charge is -2.33. The summed E-state index contributed by atoms with van der Waals surface area (Å²) in [7, 11) is 1.70. The van der Waals surface area contributed by atoms with Gasteiger partial charge in [0, 0.05) is 7.05 Å². The molecule has 1 aliphatic carbocycles. The first-order valence-electron chi connectivity index (χ1n) is 6.06. The molecule has 0 bridgehead atoms. The van der Waals surface area contributed by atoms with Crippen molar-refractivity contribution in [2.24, 2.45) is 24.6 Å². The smallest absolute Gasteiger partial charge is 0.322 e. The molecule has 1 fully saturated rings. The highest BCUT2D eigenvalue weighted by Gasteiger charge is 2.43. The van der Waals surface area contributed by atoms with Crippen molar-refractivity contribution < 1.29 is 13.2 Å². The third kappa shape index (κ3) is 2.66. The molecule has 7 heteroatoms. The van der Waals surface area contributed by atoms with Gasteiger partial charge in [-0.25, -0.2) is 0 Å². The normalized spacial score (nSPS) is 27.2. The fourth-order valence-electron chi connectivity index (χ4n) is 2.69. The lowest BCUT2D eigenvalue weighted by molar-refractivity contribution is -0.186. The second kappa shape index (κ2) is 4.87. The minimum Gasteiger partial charge on any atom is -0.322 e. The molecule has 1 aliphatic rings. The average Bonchev–Trinajstić information content (AvgIpc) is 2.73. The van der Waals surface area contributed by atoms with Crippen molar-refractivity contribution in [1.29, 1.82) is 0 Å². The van der Waals surface area contributed by atoms with Crippen LogP contribution in [0.4, 0.5) is 13.2 Å². The summed E-state index contributed by atoms with van der Waals surface area (Å²) in [6.07, 6.45) is -0.941. The predicted octanol–water partition coefficient (Wildman–Crippen LogP) is 2.18. The maximum Gasteiger partial charge on any atom is 0.391 e. The van der Waals surface area contributed by atoms with E-state index in [0.29, 0.717) is 12.1 Å². The summed E-state index contributed by atoms with van der Waals surface area (Å²) in [4.78, 5) is 0. The standard InChI is InChI=1S/C11H17F3N4/c1-18-9(6-16-17-18)10(15)7-3-2-4-8(5-7)11(12,13)14/h6-8,10H,2-5,15H2,1H3. The molecule has 2 rings (SSSR count). The van der Waals surface area contributed by atoms with Crippen LogP contribution in [0.15, 0.2) is 6.20 Å². The minimum atomic E-state index is -4.11. The molecule has 0 radical (unpaired) electrons. The number of hydrogen-bond acceptors (Lipinski definition) is 3. The molecule has 0 spiro atoms. The maximum absolute atomic E-state index is 12.7. The predicted molar refractivity (Wildman–Crippen MR) is 59.4 cm³/mol. The van der Waals surface area contributed by atoms with Gasteiger partial charge in [0.05, 0.1) is 23.9 Å². The van der Waals surface area contributed by atoms with Gasteiger partial charge >= 0.3 is 6.18 Å². The molecular formula is C11H17F3N4. The van der Waals surface area contributed by atoms with Crippen LogP contribution in [0, 0.1) is 11.8 Å². The Morgan fingerprint density at radius 1 is 1.44 bits per heavy atom. The second-order valence-corrected chi connectivity index (χ2v) is 4.97. The zero-order chi connectivity index (χ0) is 13.3. The number of rotatable bonds is 2.